The molecule has 14 nitrogen and oxygen atoms in total. The summed E-state index contributed by atoms with van der Waals surface area (Å²) in [5.74, 6) is 5.12. The first-order chi connectivity index (χ1) is 44.8. The molecule has 0 aromatic heterocycles. The van der Waals surface area contributed by atoms with E-state index < -0.39 is 0 Å². The number of azo groups is 2. The molecular weight excluding hydrogens is 1140 g/mol. The van der Waals surface area contributed by atoms with Crippen LogP contribution < -0.4 is 28.4 Å². The zero-order valence-corrected chi connectivity index (χ0v) is 55.3. The highest BCUT2D eigenvalue weighted by atomic mass is 16.5. The Kier molecular flexibility index (Phi) is 30.4. The van der Waals surface area contributed by atoms with Crippen molar-refractivity contribution in [3.8, 4) is 34.5 Å². The monoisotopic (exact) mass is 1240 g/mol. The van der Waals surface area contributed by atoms with Gasteiger partial charge in [0.15, 0.2) is 0 Å². The van der Waals surface area contributed by atoms with Crippen molar-refractivity contribution in [2.24, 2.45) is 36.7 Å². The highest BCUT2D eigenvalue weighted by Crippen LogP contribution is 2.40. The van der Waals surface area contributed by atoms with Crippen LogP contribution in [0.25, 0.3) is 0 Å². The molecular formula is C77H104N4O10. The van der Waals surface area contributed by atoms with E-state index >= 15 is 0 Å². The predicted octanol–water partition coefficient (Wildman–Crippen LogP) is 20.1. The fraction of sp³-hybridized carbons (Fsp3) is 0.532. The lowest BCUT2D eigenvalue weighted by atomic mass is 9.70. The molecule has 2 saturated heterocycles. The topological polar surface area (TPSA) is 142 Å². The van der Waals surface area contributed by atoms with E-state index in [4.69, 9.17) is 47.4 Å². The van der Waals surface area contributed by atoms with E-state index in [0.29, 0.717) is 39.6 Å². The number of rotatable bonds is 48. The van der Waals surface area contributed by atoms with Gasteiger partial charge >= 0.3 is 0 Å². The van der Waals surface area contributed by atoms with Crippen molar-refractivity contribution in [3.05, 3.63) is 157 Å². The third-order valence-electron chi connectivity index (χ3n) is 17.5. The molecule has 6 aromatic rings. The molecule has 0 spiro atoms. The van der Waals surface area contributed by atoms with E-state index in [1.165, 1.54) is 11.1 Å². The smallest absolute Gasteiger partial charge is 0.119 e. The molecule has 0 unspecified atom stereocenters. The van der Waals surface area contributed by atoms with Gasteiger partial charge in [-0.15, -0.1) is 0 Å². The van der Waals surface area contributed by atoms with Crippen LogP contribution in [0.3, 0.4) is 0 Å². The Hall–Kier alpha value is -6.84. The third-order valence-corrected chi connectivity index (χ3v) is 17.5. The predicted molar refractivity (Wildman–Crippen MR) is 364 cm³/mol. The SMILES string of the molecule is CCCOc1ccc(N=Nc2ccc(CC(CCCCOc3ccc(OCCCCCCOCC4(CC)COC4)cc3)(CCCCOc3ccc(OCCCCCCOCC4(CC)COC4)cc3)Cc3ccc(N=Nc4ccc(OCCC)cc4)cc3)cc2)cc1. The van der Waals surface area contributed by atoms with Gasteiger partial charge in [-0.25, -0.2) is 0 Å². The lowest BCUT2D eigenvalue weighted by Crippen LogP contribution is -2.45. The molecule has 0 atom stereocenters. The summed E-state index contributed by atoms with van der Waals surface area (Å²) in [5, 5.41) is 18.3. The maximum absolute atomic E-state index is 6.38. The minimum absolute atomic E-state index is 0.0817. The largest absolute Gasteiger partial charge is 0.494 e. The summed E-state index contributed by atoms with van der Waals surface area (Å²) in [6, 6.07) is 49.0. The van der Waals surface area contributed by atoms with Crippen molar-refractivity contribution in [1.82, 2.24) is 0 Å². The zero-order chi connectivity index (χ0) is 63.3. The molecule has 2 aliphatic rings. The maximum atomic E-state index is 6.38. The van der Waals surface area contributed by atoms with E-state index in [-0.39, 0.29) is 16.2 Å². The van der Waals surface area contributed by atoms with E-state index in [2.05, 4.69) is 96.7 Å². The van der Waals surface area contributed by atoms with Crippen molar-refractivity contribution < 1.29 is 47.4 Å². The number of hydrogen-bond acceptors (Lipinski definition) is 14. The lowest BCUT2D eigenvalue weighted by Gasteiger charge is -2.40. The van der Waals surface area contributed by atoms with Gasteiger partial charge < -0.3 is 47.4 Å². The highest BCUT2D eigenvalue weighted by molar-refractivity contribution is 5.45. The Morgan fingerprint density at radius 2 is 0.582 bits per heavy atom. The van der Waals surface area contributed by atoms with Crippen LogP contribution in [0.2, 0.25) is 0 Å². The Morgan fingerprint density at radius 3 is 0.857 bits per heavy atom. The van der Waals surface area contributed by atoms with Crippen LogP contribution in [-0.2, 0) is 31.8 Å². The molecule has 14 heteroatoms. The molecule has 0 radical (unpaired) electrons. The summed E-state index contributed by atoms with van der Waals surface area (Å²) in [7, 11) is 0. The second-order valence-electron chi connectivity index (χ2n) is 25.1. The van der Waals surface area contributed by atoms with Gasteiger partial charge in [-0.05, 0) is 253 Å². The number of unbranched alkanes of at least 4 members (excludes halogenated alkanes) is 8. The fourth-order valence-corrected chi connectivity index (χ4v) is 11.3. The van der Waals surface area contributed by atoms with E-state index in [1.807, 2.05) is 97.1 Å². The highest BCUT2D eigenvalue weighted by Gasteiger charge is 2.38. The van der Waals surface area contributed by atoms with Crippen LogP contribution >= 0.6 is 0 Å². The molecule has 8 rings (SSSR count). The van der Waals surface area contributed by atoms with Gasteiger partial charge in [0, 0.05) is 24.0 Å². The Morgan fingerprint density at radius 1 is 0.319 bits per heavy atom. The van der Waals surface area contributed by atoms with Crippen LogP contribution in [-0.4, -0.2) is 92.5 Å². The summed E-state index contributed by atoms with van der Waals surface area (Å²) in [5.41, 5.74) is 6.12. The van der Waals surface area contributed by atoms with E-state index in [0.717, 1.165) is 239 Å². The van der Waals surface area contributed by atoms with Crippen LogP contribution in [0.1, 0.15) is 154 Å². The number of nitrogens with zero attached hydrogens (tertiary/aromatic N) is 4. The molecule has 2 fully saturated rings. The normalized spacial score (nSPS) is 14.3. The summed E-state index contributed by atoms with van der Waals surface area (Å²) in [6.07, 6.45) is 20.5. The first kappa shape index (κ1) is 70.0. The van der Waals surface area contributed by atoms with Crippen molar-refractivity contribution in [2.75, 3.05) is 92.5 Å². The van der Waals surface area contributed by atoms with Gasteiger partial charge in [-0.1, -0.05) is 64.8 Å². The quantitative estimate of drug-likeness (QED) is 0.0268. The average Bonchev–Trinajstić information content (AvgIpc) is 1.57. The summed E-state index contributed by atoms with van der Waals surface area (Å²) < 4.78 is 59.4. The molecule has 0 bridgehead atoms. The van der Waals surface area contributed by atoms with Crippen molar-refractivity contribution in [1.29, 1.82) is 0 Å². The average molecular weight is 1250 g/mol. The molecule has 2 heterocycles. The number of benzene rings is 6. The number of hydrogen-bond donors (Lipinski definition) is 0. The van der Waals surface area contributed by atoms with E-state index in [9.17, 15) is 0 Å². The molecule has 2 aliphatic heterocycles. The minimum atomic E-state index is -0.0817. The summed E-state index contributed by atoms with van der Waals surface area (Å²) in [4.78, 5) is 0. The first-order valence-corrected chi connectivity index (χ1v) is 34.3. The standard InChI is InChI=1S/C77H104N4O10/c1-5-47-86-69-33-29-67(30-34-69)80-78-65-25-21-63(22-26-65)55-77(56-64-23-27-66(28-24-64)79-81-68-31-35-70(36-32-68)87-48-6-2,45-13-19-53-90-73-41-37-71(38-42-73)88-51-17-11-9-15-49-82-57-75(7-3)59-84-60-75)46-14-20-54-91-74-43-39-72(40-44-74)89-52-18-12-10-16-50-83-58-76(8-4)61-85-62-76/h21-44H,5-20,45-62H2,1-4H3. The first-order valence-electron chi connectivity index (χ1n) is 34.3. The van der Waals surface area contributed by atoms with Gasteiger partial charge in [0.2, 0.25) is 0 Å². The second-order valence-corrected chi connectivity index (χ2v) is 25.1. The molecule has 91 heavy (non-hydrogen) atoms. The zero-order valence-electron chi connectivity index (χ0n) is 55.3. The van der Waals surface area contributed by atoms with Gasteiger partial charge in [-0.2, -0.15) is 20.5 Å². The van der Waals surface area contributed by atoms with Crippen molar-refractivity contribution in [2.45, 2.75) is 156 Å². The molecule has 492 valence electrons. The maximum Gasteiger partial charge on any atom is 0.119 e. The van der Waals surface area contributed by atoms with Crippen LogP contribution in [0.5, 0.6) is 34.5 Å². The van der Waals surface area contributed by atoms with E-state index in [1.54, 1.807) is 0 Å². The Bertz CT molecular complexity index is 2740. The molecule has 0 amide bonds. The number of ether oxygens (including phenoxy) is 10. The minimum Gasteiger partial charge on any atom is -0.494 e. The van der Waals surface area contributed by atoms with Gasteiger partial charge in [-0.3, -0.25) is 0 Å². The lowest BCUT2D eigenvalue weighted by molar-refractivity contribution is -0.150. The summed E-state index contributed by atoms with van der Waals surface area (Å²) >= 11 is 0. The van der Waals surface area contributed by atoms with Crippen molar-refractivity contribution >= 4 is 22.7 Å². The summed E-state index contributed by atoms with van der Waals surface area (Å²) in [6.45, 7) is 19.3. The molecule has 0 N–H and O–H groups in total. The fourth-order valence-electron chi connectivity index (χ4n) is 11.3. The Labute approximate surface area is 544 Å². The Balaban J connectivity index is 0.866. The second kappa shape index (κ2) is 39.5. The van der Waals surface area contributed by atoms with Gasteiger partial charge in [0.25, 0.3) is 0 Å². The molecule has 0 saturated carbocycles. The van der Waals surface area contributed by atoms with Crippen LogP contribution in [0.4, 0.5) is 22.7 Å². The molecule has 6 aromatic carbocycles. The molecule has 0 aliphatic carbocycles. The van der Waals surface area contributed by atoms with Crippen molar-refractivity contribution in [3.63, 3.8) is 0 Å². The van der Waals surface area contributed by atoms with Gasteiger partial charge in [0.1, 0.15) is 34.5 Å². The third kappa shape index (κ3) is 25.3. The van der Waals surface area contributed by atoms with Gasteiger partial charge in [0.05, 0.1) is 102 Å². The van der Waals surface area contributed by atoms with Crippen LogP contribution in [0.15, 0.2) is 166 Å². The van der Waals surface area contributed by atoms with Crippen LogP contribution in [0, 0.1) is 16.2 Å².